The minimum atomic E-state index is 0. The molecule has 0 aromatic heterocycles. The molecular weight excluding hydrogens is 313 g/mol. The van der Waals surface area contributed by atoms with Crippen LogP contribution in [-0.2, 0) is 0 Å². The summed E-state index contributed by atoms with van der Waals surface area (Å²) in [7, 11) is 2.01. The highest BCUT2D eigenvalue weighted by atomic mass is 35.5. The Bertz CT molecular complexity index is 612. The number of hydrogen-bond acceptors (Lipinski definition) is 1. The molecule has 0 saturated heterocycles. The van der Waals surface area contributed by atoms with Gasteiger partial charge in [0.15, 0.2) is 0 Å². The fourth-order valence-corrected chi connectivity index (χ4v) is 3.26. The summed E-state index contributed by atoms with van der Waals surface area (Å²) < 4.78 is 0. The second-order valence-corrected chi connectivity index (χ2v) is 5.75. The van der Waals surface area contributed by atoms with Gasteiger partial charge in [0.25, 0.3) is 0 Å². The number of halogens is 3. The van der Waals surface area contributed by atoms with Gasteiger partial charge in [0.1, 0.15) is 0 Å². The van der Waals surface area contributed by atoms with Crippen LogP contribution in [0.3, 0.4) is 0 Å². The third-order valence-electron chi connectivity index (χ3n) is 3.91. The maximum absolute atomic E-state index is 6.14. The minimum absolute atomic E-state index is 0. The highest BCUT2D eigenvalue weighted by Gasteiger charge is 2.30. The van der Waals surface area contributed by atoms with Crippen molar-refractivity contribution < 1.29 is 12.4 Å². The molecule has 20 heavy (non-hydrogen) atoms. The Morgan fingerprint density at radius 2 is 1.70 bits per heavy atom. The van der Waals surface area contributed by atoms with Crippen molar-refractivity contribution in [2.24, 2.45) is 0 Å². The summed E-state index contributed by atoms with van der Waals surface area (Å²) in [6.45, 7) is 0. The molecule has 0 heterocycles. The average molecular weight is 328 g/mol. The van der Waals surface area contributed by atoms with Crippen LogP contribution in [0.5, 0.6) is 0 Å². The average Bonchev–Trinajstić information content (AvgIpc) is 2.81. The Kier molecular flexibility index (Phi) is 4.98. The summed E-state index contributed by atoms with van der Waals surface area (Å²) in [6, 6.07) is 15.0. The smallest absolute Gasteiger partial charge is 0.0595 e. The number of rotatable bonds is 2. The molecule has 0 saturated carbocycles. The van der Waals surface area contributed by atoms with Crippen LogP contribution in [0.4, 0.5) is 0 Å². The molecule has 0 radical (unpaired) electrons. The van der Waals surface area contributed by atoms with Gasteiger partial charge in [-0.1, -0.05) is 53.5 Å². The Hall–Kier alpha value is -0.730. The summed E-state index contributed by atoms with van der Waals surface area (Å²) in [5.74, 6) is 0.392. The second kappa shape index (κ2) is 6.36. The number of benzene rings is 2. The maximum Gasteiger partial charge on any atom is 0.0595 e. The normalized spacial score (nSPS) is 20.4. The van der Waals surface area contributed by atoms with Gasteiger partial charge in [-0.2, -0.15) is 0 Å². The lowest BCUT2D eigenvalue weighted by Gasteiger charge is -2.13. The molecule has 1 aliphatic rings. The van der Waals surface area contributed by atoms with Crippen molar-refractivity contribution in [3.8, 4) is 0 Å². The summed E-state index contributed by atoms with van der Waals surface area (Å²) in [5.41, 5.74) is 4.01. The van der Waals surface area contributed by atoms with Crippen LogP contribution in [0.1, 0.15) is 35.1 Å². The molecule has 2 aromatic rings. The molecule has 0 amide bonds. The first-order chi connectivity index (χ1) is 9.20. The summed E-state index contributed by atoms with van der Waals surface area (Å²) >= 11 is 12.1. The van der Waals surface area contributed by atoms with Gasteiger partial charge in [0.05, 0.1) is 10.0 Å². The van der Waals surface area contributed by atoms with Crippen molar-refractivity contribution in [2.45, 2.75) is 18.4 Å². The van der Waals surface area contributed by atoms with Crippen LogP contribution in [0, 0.1) is 0 Å². The van der Waals surface area contributed by atoms with Gasteiger partial charge in [-0.05, 0) is 42.3 Å². The van der Waals surface area contributed by atoms with Gasteiger partial charge in [0.2, 0.25) is 0 Å². The van der Waals surface area contributed by atoms with Gasteiger partial charge in [0, 0.05) is 12.0 Å². The Balaban J connectivity index is 0.00000147. The lowest BCUT2D eigenvalue weighted by molar-refractivity contribution is -0.00000362. The predicted octanol–water partition coefficient (Wildman–Crippen LogP) is 1.79. The van der Waals surface area contributed by atoms with Crippen LogP contribution < -0.4 is 17.7 Å². The zero-order valence-corrected chi connectivity index (χ0v) is 13.3. The van der Waals surface area contributed by atoms with E-state index in [-0.39, 0.29) is 12.4 Å². The third kappa shape index (κ3) is 2.68. The fourth-order valence-electron chi connectivity index (χ4n) is 2.95. The van der Waals surface area contributed by atoms with E-state index < -0.39 is 0 Å². The third-order valence-corrected chi connectivity index (χ3v) is 4.65. The zero-order chi connectivity index (χ0) is 13.4. The standard InChI is InChI=1S/C16H15Cl2N.ClH/c1-19-16-9-13(11-4-2-3-5-12(11)16)10-6-7-14(17)15(18)8-10;/h2-8,13,16,19H,9H2,1H3;1H/p-1/t13-,16+;/m0./s1. The molecule has 1 nitrogen and oxygen atoms in total. The molecule has 2 atom stereocenters. The summed E-state index contributed by atoms with van der Waals surface area (Å²) in [6.07, 6.45) is 1.06. The molecule has 4 heteroatoms. The SMILES string of the molecule is CN[C@@H]1C[C@@H](c2ccc(Cl)c(Cl)c2)c2ccccc21.[Cl-]. The Labute approximate surface area is 135 Å². The molecule has 0 unspecified atom stereocenters. The van der Waals surface area contributed by atoms with Gasteiger partial charge in [-0.25, -0.2) is 0 Å². The largest absolute Gasteiger partial charge is 1.00 e. The quantitative estimate of drug-likeness (QED) is 0.887. The van der Waals surface area contributed by atoms with Gasteiger partial charge in [-0.3, -0.25) is 0 Å². The topological polar surface area (TPSA) is 12.0 Å². The zero-order valence-electron chi connectivity index (χ0n) is 11.0. The van der Waals surface area contributed by atoms with Crippen molar-refractivity contribution in [3.05, 3.63) is 69.2 Å². The second-order valence-electron chi connectivity index (χ2n) is 4.93. The van der Waals surface area contributed by atoms with Crippen LogP contribution in [0.15, 0.2) is 42.5 Å². The van der Waals surface area contributed by atoms with E-state index in [4.69, 9.17) is 23.2 Å². The predicted molar refractivity (Wildman–Crippen MR) is 81.2 cm³/mol. The molecule has 0 bridgehead atoms. The maximum atomic E-state index is 6.14. The van der Waals surface area contributed by atoms with Gasteiger partial charge >= 0.3 is 0 Å². The van der Waals surface area contributed by atoms with Crippen molar-refractivity contribution in [1.29, 1.82) is 0 Å². The van der Waals surface area contributed by atoms with E-state index in [2.05, 4.69) is 35.6 Å². The van der Waals surface area contributed by atoms with Crippen molar-refractivity contribution >= 4 is 23.2 Å². The highest BCUT2D eigenvalue weighted by molar-refractivity contribution is 6.42. The molecule has 0 spiro atoms. The Morgan fingerprint density at radius 1 is 1.00 bits per heavy atom. The van der Waals surface area contributed by atoms with E-state index in [1.54, 1.807) is 0 Å². The highest BCUT2D eigenvalue weighted by Crippen LogP contribution is 2.44. The first kappa shape index (κ1) is 15.7. The van der Waals surface area contributed by atoms with E-state index in [0.29, 0.717) is 22.0 Å². The number of hydrogen-bond donors (Lipinski definition) is 1. The molecule has 0 fully saturated rings. The molecule has 2 aromatic carbocycles. The van der Waals surface area contributed by atoms with Crippen LogP contribution >= 0.6 is 23.2 Å². The van der Waals surface area contributed by atoms with E-state index >= 15 is 0 Å². The molecule has 3 rings (SSSR count). The van der Waals surface area contributed by atoms with Crippen LogP contribution in [0.25, 0.3) is 0 Å². The van der Waals surface area contributed by atoms with Crippen molar-refractivity contribution in [3.63, 3.8) is 0 Å². The molecule has 106 valence electrons. The van der Waals surface area contributed by atoms with E-state index in [9.17, 15) is 0 Å². The first-order valence-electron chi connectivity index (χ1n) is 6.41. The lowest BCUT2D eigenvalue weighted by Crippen LogP contribution is -3.00. The summed E-state index contributed by atoms with van der Waals surface area (Å²) in [4.78, 5) is 0. The van der Waals surface area contributed by atoms with E-state index in [1.165, 1.54) is 16.7 Å². The lowest BCUT2D eigenvalue weighted by atomic mass is 9.93. The van der Waals surface area contributed by atoms with Crippen LogP contribution in [-0.4, -0.2) is 7.05 Å². The monoisotopic (exact) mass is 326 g/mol. The number of fused-ring (bicyclic) bond motifs is 1. The van der Waals surface area contributed by atoms with E-state index in [0.717, 1.165) is 6.42 Å². The molecular formula is C16H15Cl3N-. The minimum Gasteiger partial charge on any atom is -1.00 e. The van der Waals surface area contributed by atoms with Crippen molar-refractivity contribution in [2.75, 3.05) is 7.05 Å². The molecule has 0 aliphatic heterocycles. The van der Waals surface area contributed by atoms with Crippen LogP contribution in [0.2, 0.25) is 10.0 Å². The van der Waals surface area contributed by atoms with Gasteiger partial charge < -0.3 is 17.7 Å². The fraction of sp³-hybridized carbons (Fsp3) is 0.250. The number of nitrogens with one attached hydrogen (secondary N) is 1. The Morgan fingerprint density at radius 3 is 2.35 bits per heavy atom. The van der Waals surface area contributed by atoms with E-state index in [1.807, 2.05) is 19.2 Å². The van der Waals surface area contributed by atoms with Gasteiger partial charge in [-0.15, -0.1) is 0 Å². The first-order valence-corrected chi connectivity index (χ1v) is 7.17. The molecule has 1 aliphatic carbocycles. The van der Waals surface area contributed by atoms with Crippen molar-refractivity contribution in [1.82, 2.24) is 5.32 Å². The molecule has 1 N–H and O–H groups in total. The summed E-state index contributed by atoms with van der Waals surface area (Å²) in [5, 5.41) is 4.63.